The summed E-state index contributed by atoms with van der Waals surface area (Å²) in [5.74, 6) is -0.420. The van der Waals surface area contributed by atoms with Crippen molar-refractivity contribution >= 4 is 11.9 Å². The molecule has 1 atom stereocenters. The van der Waals surface area contributed by atoms with E-state index >= 15 is 0 Å². The Balaban J connectivity index is 4.32. The second kappa shape index (κ2) is 58.4. The van der Waals surface area contributed by atoms with Crippen LogP contribution in [0.3, 0.4) is 0 Å². The molecule has 0 aliphatic heterocycles. The second-order valence-corrected chi connectivity index (χ2v) is 19.1. The first-order valence-electron chi connectivity index (χ1n) is 29.1. The van der Waals surface area contributed by atoms with E-state index in [0.717, 1.165) is 103 Å². The van der Waals surface area contributed by atoms with Gasteiger partial charge < -0.3 is 14.2 Å². The molecule has 0 radical (unpaired) electrons. The van der Waals surface area contributed by atoms with Gasteiger partial charge in [0.2, 0.25) is 0 Å². The molecule has 0 aromatic heterocycles. The molecule has 5 nitrogen and oxygen atoms in total. The molecule has 0 aromatic carbocycles. The van der Waals surface area contributed by atoms with Crippen LogP contribution in [-0.2, 0) is 23.8 Å². The van der Waals surface area contributed by atoms with Crippen LogP contribution >= 0.6 is 0 Å². The first-order valence-corrected chi connectivity index (χ1v) is 29.1. The van der Waals surface area contributed by atoms with Crippen LogP contribution in [-0.4, -0.2) is 37.9 Å². The fourth-order valence-corrected chi connectivity index (χ4v) is 8.16. The molecule has 0 aliphatic carbocycles. The summed E-state index contributed by atoms with van der Waals surface area (Å²) in [6, 6.07) is 0. The van der Waals surface area contributed by atoms with Crippen molar-refractivity contribution in [3.05, 3.63) is 85.1 Å². The lowest BCUT2D eigenvalue weighted by Gasteiger charge is -2.18. The second-order valence-electron chi connectivity index (χ2n) is 19.1. The molecule has 0 rings (SSSR count). The van der Waals surface area contributed by atoms with E-state index in [-0.39, 0.29) is 25.2 Å². The molecular weight excluding hydrogens is 837 g/mol. The van der Waals surface area contributed by atoms with E-state index in [1.807, 2.05) is 0 Å². The zero-order valence-electron chi connectivity index (χ0n) is 45.1. The standard InChI is InChI=1S/C63H110O5/c1-4-7-10-13-16-19-22-25-28-31-34-37-40-43-46-49-52-55-58-66-59-61(68-63(65)57-54-51-48-45-42-39-36-33-30-27-24-21-18-15-12-9-6-3)60-67-62(64)56-53-50-47-44-41-38-35-32-29-26-23-20-17-14-11-8-5-2/h7-8,10-11,16-17,19-20,25-26,28-29,35,38,61H,4-6,9,12-15,18,21-24,27,30-34,36-37,39-60H2,1-3H3/b10-7-,11-8-,19-16-,20-17-,28-25-,29-26-,38-35-. The Morgan fingerprint density at radius 1 is 0.338 bits per heavy atom. The van der Waals surface area contributed by atoms with Crippen LogP contribution in [0, 0.1) is 0 Å². The smallest absolute Gasteiger partial charge is 0.306 e. The predicted molar refractivity (Wildman–Crippen MR) is 297 cm³/mol. The number of ether oxygens (including phenoxy) is 3. The fourth-order valence-electron chi connectivity index (χ4n) is 8.16. The topological polar surface area (TPSA) is 61.8 Å². The number of hydrogen-bond donors (Lipinski definition) is 0. The third-order valence-electron chi connectivity index (χ3n) is 12.4. The van der Waals surface area contributed by atoms with Gasteiger partial charge in [0.05, 0.1) is 6.61 Å². The average molecular weight is 948 g/mol. The molecule has 0 bridgehead atoms. The molecular formula is C63H110O5. The lowest BCUT2D eigenvalue weighted by molar-refractivity contribution is -0.163. The van der Waals surface area contributed by atoms with Crippen molar-refractivity contribution in [3.8, 4) is 0 Å². The number of carbonyl (C=O) groups is 2. The number of carbonyl (C=O) groups excluding carboxylic acids is 2. The molecule has 0 N–H and O–H groups in total. The zero-order chi connectivity index (χ0) is 49.2. The van der Waals surface area contributed by atoms with Crippen LogP contribution in [0.25, 0.3) is 0 Å². The Kier molecular flexibility index (Phi) is 55.9. The number of allylic oxidation sites excluding steroid dienone is 14. The van der Waals surface area contributed by atoms with Crippen LogP contribution in [0.4, 0.5) is 0 Å². The highest BCUT2D eigenvalue weighted by Gasteiger charge is 2.17. The molecule has 392 valence electrons. The van der Waals surface area contributed by atoms with E-state index in [1.54, 1.807) is 0 Å². The Labute approximate surface area is 422 Å². The number of rotatable bonds is 53. The fraction of sp³-hybridized carbons (Fsp3) is 0.746. The molecule has 0 aromatic rings. The maximum Gasteiger partial charge on any atom is 0.306 e. The molecule has 0 amide bonds. The van der Waals surface area contributed by atoms with E-state index < -0.39 is 6.10 Å². The maximum atomic E-state index is 12.9. The highest BCUT2D eigenvalue weighted by Crippen LogP contribution is 2.16. The maximum absolute atomic E-state index is 12.9. The Bertz CT molecular complexity index is 1250. The minimum absolute atomic E-state index is 0.0687. The number of unbranched alkanes of at least 4 members (excludes halogenated alkanes) is 28. The van der Waals surface area contributed by atoms with Gasteiger partial charge in [-0.2, -0.15) is 0 Å². The van der Waals surface area contributed by atoms with Gasteiger partial charge in [-0.15, -0.1) is 0 Å². The minimum Gasteiger partial charge on any atom is -0.462 e. The molecule has 0 saturated heterocycles. The first-order chi connectivity index (χ1) is 33.6. The molecule has 0 heterocycles. The average Bonchev–Trinajstić information content (AvgIpc) is 3.34. The van der Waals surface area contributed by atoms with Crippen LogP contribution in [0.15, 0.2) is 85.1 Å². The molecule has 0 aliphatic rings. The van der Waals surface area contributed by atoms with Crippen molar-refractivity contribution in [1.29, 1.82) is 0 Å². The van der Waals surface area contributed by atoms with Crippen LogP contribution < -0.4 is 0 Å². The predicted octanol–water partition coefficient (Wildman–Crippen LogP) is 20.0. The van der Waals surface area contributed by atoms with Gasteiger partial charge in [-0.1, -0.05) is 260 Å². The Morgan fingerprint density at radius 2 is 0.662 bits per heavy atom. The summed E-state index contributed by atoms with van der Waals surface area (Å²) in [5.41, 5.74) is 0. The third-order valence-corrected chi connectivity index (χ3v) is 12.4. The van der Waals surface area contributed by atoms with Crippen LogP contribution in [0.2, 0.25) is 0 Å². The first kappa shape index (κ1) is 65.1. The van der Waals surface area contributed by atoms with Gasteiger partial charge in [0.15, 0.2) is 6.10 Å². The largest absolute Gasteiger partial charge is 0.462 e. The quantitative estimate of drug-likeness (QED) is 0.0345. The monoisotopic (exact) mass is 947 g/mol. The van der Waals surface area contributed by atoms with E-state index in [1.165, 1.54) is 141 Å². The van der Waals surface area contributed by atoms with Gasteiger partial charge in [0.25, 0.3) is 0 Å². The van der Waals surface area contributed by atoms with Crippen LogP contribution in [0.1, 0.15) is 278 Å². The molecule has 68 heavy (non-hydrogen) atoms. The summed E-state index contributed by atoms with van der Waals surface area (Å²) in [6.07, 6.45) is 77.5. The van der Waals surface area contributed by atoms with Crippen molar-refractivity contribution in [3.63, 3.8) is 0 Å². The van der Waals surface area contributed by atoms with Gasteiger partial charge in [0, 0.05) is 19.4 Å². The summed E-state index contributed by atoms with van der Waals surface area (Å²) in [5, 5.41) is 0. The molecule has 0 saturated carbocycles. The van der Waals surface area contributed by atoms with Gasteiger partial charge >= 0.3 is 11.9 Å². The summed E-state index contributed by atoms with van der Waals surface area (Å²) < 4.78 is 17.5. The number of esters is 2. The van der Waals surface area contributed by atoms with E-state index in [2.05, 4.69) is 106 Å². The van der Waals surface area contributed by atoms with Crippen molar-refractivity contribution in [2.24, 2.45) is 0 Å². The Hall–Kier alpha value is -2.92. The highest BCUT2D eigenvalue weighted by molar-refractivity contribution is 5.70. The lowest BCUT2D eigenvalue weighted by Crippen LogP contribution is -2.30. The van der Waals surface area contributed by atoms with Gasteiger partial charge in [-0.25, -0.2) is 0 Å². The normalized spacial score (nSPS) is 12.8. The van der Waals surface area contributed by atoms with Crippen molar-refractivity contribution in [2.75, 3.05) is 19.8 Å². The third kappa shape index (κ3) is 55.7. The molecule has 0 spiro atoms. The summed E-state index contributed by atoms with van der Waals surface area (Å²) >= 11 is 0. The summed E-state index contributed by atoms with van der Waals surface area (Å²) in [7, 11) is 0. The minimum atomic E-state index is -0.553. The van der Waals surface area contributed by atoms with Crippen molar-refractivity contribution < 1.29 is 23.8 Å². The lowest BCUT2D eigenvalue weighted by atomic mass is 10.0. The van der Waals surface area contributed by atoms with E-state index in [9.17, 15) is 9.59 Å². The summed E-state index contributed by atoms with van der Waals surface area (Å²) in [4.78, 5) is 25.5. The molecule has 5 heteroatoms. The van der Waals surface area contributed by atoms with Crippen molar-refractivity contribution in [1.82, 2.24) is 0 Å². The van der Waals surface area contributed by atoms with Gasteiger partial charge in [-0.05, 0) is 89.9 Å². The zero-order valence-corrected chi connectivity index (χ0v) is 45.1. The highest BCUT2D eigenvalue weighted by atomic mass is 16.6. The molecule has 0 fully saturated rings. The summed E-state index contributed by atoms with van der Waals surface area (Å²) in [6.45, 7) is 7.60. The van der Waals surface area contributed by atoms with Crippen LogP contribution in [0.5, 0.6) is 0 Å². The number of hydrogen-bond acceptors (Lipinski definition) is 5. The van der Waals surface area contributed by atoms with E-state index in [0.29, 0.717) is 19.4 Å². The Morgan fingerprint density at radius 3 is 1.06 bits per heavy atom. The van der Waals surface area contributed by atoms with Gasteiger partial charge in [-0.3, -0.25) is 9.59 Å². The SMILES string of the molecule is CC/C=C\C/C=C\C/C=C\C/C=C\CCCCCCC(=O)OCC(COCCCCCCCCCC/C=C\C/C=C\C/C=C\CC)OC(=O)CCCCCCCCCCCCCCCCCCC. The van der Waals surface area contributed by atoms with Crippen molar-refractivity contribution in [2.45, 2.75) is 284 Å². The van der Waals surface area contributed by atoms with E-state index in [4.69, 9.17) is 14.2 Å². The molecule has 1 unspecified atom stereocenters. The van der Waals surface area contributed by atoms with Gasteiger partial charge in [0.1, 0.15) is 6.61 Å².